The summed E-state index contributed by atoms with van der Waals surface area (Å²) in [5, 5.41) is 3.07. The Morgan fingerprint density at radius 3 is 2.30 bits per heavy atom. The highest BCUT2D eigenvalue weighted by atomic mass is 16.5. The number of hydrogen-bond acceptors (Lipinski definition) is 5. The quantitative estimate of drug-likeness (QED) is 0.147. The summed E-state index contributed by atoms with van der Waals surface area (Å²) in [4.78, 5) is 42.1. The lowest BCUT2D eigenvalue weighted by atomic mass is 10.0. The average Bonchev–Trinajstić information content (AvgIpc) is 3.58. The Morgan fingerprint density at radius 2 is 1.52 bits per heavy atom. The third-order valence-electron chi connectivity index (χ3n) is 8.26. The van der Waals surface area contributed by atoms with Crippen molar-refractivity contribution in [3.8, 4) is 11.1 Å². The molecule has 0 aromatic heterocycles. The zero-order valence-electron chi connectivity index (χ0n) is 26.1. The number of aryl methyl sites for hydroxylation is 1. The summed E-state index contributed by atoms with van der Waals surface area (Å²) in [6.07, 6.45) is 7.49. The molecular weight excluding hydrogens is 550 g/mol. The lowest BCUT2D eigenvalue weighted by Gasteiger charge is -2.23. The van der Waals surface area contributed by atoms with E-state index in [-0.39, 0.29) is 17.8 Å². The fraction of sp³-hybridized carbons (Fsp3) is 0.432. The predicted molar refractivity (Wildman–Crippen MR) is 175 cm³/mol. The number of unbranched alkanes of at least 4 members (excludes halogenated alkanes) is 2. The number of carbonyl (C=O) groups excluding carboxylic acids is 3. The van der Waals surface area contributed by atoms with E-state index in [1.807, 2.05) is 59.5 Å². The monoisotopic (exact) mass is 597 g/mol. The molecule has 0 spiro atoms. The summed E-state index contributed by atoms with van der Waals surface area (Å²) >= 11 is 0. The molecule has 1 aliphatic heterocycles. The van der Waals surface area contributed by atoms with Crippen molar-refractivity contribution in [2.24, 2.45) is 0 Å². The number of amides is 2. The minimum Gasteiger partial charge on any atom is -0.469 e. The van der Waals surface area contributed by atoms with Crippen LogP contribution in [0.25, 0.3) is 11.1 Å². The zero-order chi connectivity index (χ0) is 31.0. The lowest BCUT2D eigenvalue weighted by molar-refractivity contribution is -0.140. The van der Waals surface area contributed by atoms with Crippen molar-refractivity contribution < 1.29 is 19.1 Å². The molecule has 7 heteroatoms. The standard InChI is InChI=1S/C37H47N3O4/c1-44-36(42)21-6-3-7-25-40(35(41)20-11-15-30-13-4-2-5-14-30)29-31-16-10-17-32(27-31)33-18-12-19-34(28-33)37(43)38-22-26-39-23-8-9-24-39/h2,4-5,10,12-14,16-19,27-28H,3,6-9,11,15,20-26,29H2,1H3,(H,38,43). The van der Waals surface area contributed by atoms with Gasteiger partial charge in [0.25, 0.3) is 5.91 Å². The van der Waals surface area contributed by atoms with Gasteiger partial charge < -0.3 is 19.9 Å². The van der Waals surface area contributed by atoms with E-state index in [0.29, 0.717) is 38.0 Å². The van der Waals surface area contributed by atoms with E-state index in [4.69, 9.17) is 4.74 Å². The van der Waals surface area contributed by atoms with Crippen LogP contribution in [0, 0.1) is 0 Å². The van der Waals surface area contributed by atoms with E-state index in [1.54, 1.807) is 0 Å². The minimum absolute atomic E-state index is 0.0540. The van der Waals surface area contributed by atoms with Crippen LogP contribution in [0.4, 0.5) is 0 Å². The van der Waals surface area contributed by atoms with Crippen LogP contribution < -0.4 is 5.32 Å². The van der Waals surface area contributed by atoms with Crippen LogP contribution in [0.1, 0.15) is 72.9 Å². The number of benzene rings is 3. The molecule has 1 saturated heterocycles. The highest BCUT2D eigenvalue weighted by Crippen LogP contribution is 2.23. The molecular formula is C37H47N3O4. The zero-order valence-corrected chi connectivity index (χ0v) is 26.1. The molecule has 0 atom stereocenters. The van der Waals surface area contributed by atoms with Gasteiger partial charge in [-0.1, -0.05) is 67.1 Å². The van der Waals surface area contributed by atoms with Crippen LogP contribution in [0.3, 0.4) is 0 Å². The maximum absolute atomic E-state index is 13.4. The molecule has 1 fully saturated rings. The Balaban J connectivity index is 1.37. The molecule has 1 heterocycles. The van der Waals surface area contributed by atoms with E-state index in [0.717, 1.165) is 68.4 Å². The summed E-state index contributed by atoms with van der Waals surface area (Å²) in [6, 6.07) is 26.2. The van der Waals surface area contributed by atoms with Gasteiger partial charge in [-0.3, -0.25) is 14.4 Å². The maximum Gasteiger partial charge on any atom is 0.305 e. The van der Waals surface area contributed by atoms with Crippen LogP contribution in [0.2, 0.25) is 0 Å². The third-order valence-corrected chi connectivity index (χ3v) is 8.26. The van der Waals surface area contributed by atoms with Crippen LogP contribution in [-0.4, -0.2) is 67.4 Å². The van der Waals surface area contributed by atoms with Crippen molar-refractivity contribution in [2.75, 3.05) is 39.8 Å². The number of methoxy groups -OCH3 is 1. The first-order valence-corrected chi connectivity index (χ1v) is 16.1. The van der Waals surface area contributed by atoms with E-state index < -0.39 is 0 Å². The van der Waals surface area contributed by atoms with Crippen molar-refractivity contribution in [2.45, 2.75) is 64.3 Å². The fourth-order valence-corrected chi connectivity index (χ4v) is 5.73. The van der Waals surface area contributed by atoms with Gasteiger partial charge in [-0.05, 0) is 92.1 Å². The molecule has 2 amide bonds. The molecule has 1 aliphatic rings. The summed E-state index contributed by atoms with van der Waals surface area (Å²) in [6.45, 7) is 4.94. The van der Waals surface area contributed by atoms with Gasteiger partial charge in [0, 0.05) is 44.6 Å². The predicted octanol–water partition coefficient (Wildman–Crippen LogP) is 6.26. The molecule has 3 aromatic carbocycles. The molecule has 0 radical (unpaired) electrons. The molecule has 234 valence electrons. The number of nitrogens with zero attached hydrogens (tertiary/aromatic N) is 2. The summed E-state index contributed by atoms with van der Waals surface area (Å²) in [5.74, 6) is -0.104. The lowest BCUT2D eigenvalue weighted by Crippen LogP contribution is -2.33. The molecule has 44 heavy (non-hydrogen) atoms. The van der Waals surface area contributed by atoms with Crippen molar-refractivity contribution in [3.05, 3.63) is 95.6 Å². The van der Waals surface area contributed by atoms with Crippen molar-refractivity contribution in [3.63, 3.8) is 0 Å². The number of esters is 1. The second-order valence-electron chi connectivity index (χ2n) is 11.6. The molecule has 1 N–H and O–H groups in total. The Morgan fingerprint density at radius 1 is 0.795 bits per heavy atom. The Kier molecular flexibility index (Phi) is 13.5. The van der Waals surface area contributed by atoms with Gasteiger partial charge in [0.2, 0.25) is 5.91 Å². The van der Waals surface area contributed by atoms with Crippen LogP contribution >= 0.6 is 0 Å². The second-order valence-corrected chi connectivity index (χ2v) is 11.6. The topological polar surface area (TPSA) is 79.0 Å². The van der Waals surface area contributed by atoms with Crippen LogP contribution in [-0.2, 0) is 27.3 Å². The summed E-state index contributed by atoms with van der Waals surface area (Å²) in [7, 11) is 1.41. The number of nitrogens with one attached hydrogen (secondary N) is 1. The number of hydrogen-bond donors (Lipinski definition) is 1. The second kappa shape index (κ2) is 18.0. The number of carbonyl (C=O) groups is 3. The minimum atomic E-state index is -0.195. The van der Waals surface area contributed by atoms with Gasteiger partial charge >= 0.3 is 5.97 Å². The third kappa shape index (κ3) is 10.9. The van der Waals surface area contributed by atoms with Gasteiger partial charge in [-0.15, -0.1) is 0 Å². The largest absolute Gasteiger partial charge is 0.469 e. The van der Waals surface area contributed by atoms with E-state index in [9.17, 15) is 14.4 Å². The average molecular weight is 598 g/mol. The Bertz CT molecular complexity index is 1340. The molecule has 0 unspecified atom stereocenters. The van der Waals surface area contributed by atoms with Crippen molar-refractivity contribution >= 4 is 17.8 Å². The smallest absolute Gasteiger partial charge is 0.305 e. The highest BCUT2D eigenvalue weighted by molar-refractivity contribution is 5.95. The van der Waals surface area contributed by atoms with E-state index >= 15 is 0 Å². The molecule has 4 rings (SSSR count). The van der Waals surface area contributed by atoms with Gasteiger partial charge in [-0.25, -0.2) is 0 Å². The maximum atomic E-state index is 13.4. The number of rotatable bonds is 17. The van der Waals surface area contributed by atoms with Crippen molar-refractivity contribution in [1.29, 1.82) is 0 Å². The first-order valence-electron chi connectivity index (χ1n) is 16.1. The highest BCUT2D eigenvalue weighted by Gasteiger charge is 2.16. The van der Waals surface area contributed by atoms with Gasteiger partial charge in [0.15, 0.2) is 0 Å². The normalized spacial score (nSPS) is 13.0. The van der Waals surface area contributed by atoms with Gasteiger partial charge in [0.05, 0.1) is 7.11 Å². The first-order chi connectivity index (χ1) is 21.5. The SMILES string of the molecule is COC(=O)CCCCCN(Cc1cccc(-c2cccc(C(=O)NCCN3CCCC3)c2)c1)C(=O)CCCc1ccccc1. The molecule has 0 bridgehead atoms. The van der Waals surface area contributed by atoms with E-state index in [2.05, 4.69) is 34.5 Å². The number of likely N-dealkylation sites (tertiary alicyclic amines) is 1. The Hall–Kier alpha value is -3.97. The molecule has 0 saturated carbocycles. The molecule has 3 aromatic rings. The van der Waals surface area contributed by atoms with E-state index in [1.165, 1.54) is 25.5 Å². The first kappa shape index (κ1) is 32.9. The van der Waals surface area contributed by atoms with Crippen LogP contribution in [0.15, 0.2) is 78.9 Å². The molecule has 7 nitrogen and oxygen atoms in total. The summed E-state index contributed by atoms with van der Waals surface area (Å²) < 4.78 is 4.75. The fourth-order valence-electron chi connectivity index (χ4n) is 5.73. The van der Waals surface area contributed by atoms with Gasteiger partial charge in [-0.2, -0.15) is 0 Å². The van der Waals surface area contributed by atoms with Crippen molar-refractivity contribution in [1.82, 2.24) is 15.1 Å². The van der Waals surface area contributed by atoms with Gasteiger partial charge in [0.1, 0.15) is 0 Å². The molecule has 0 aliphatic carbocycles. The van der Waals surface area contributed by atoms with Crippen LogP contribution in [0.5, 0.6) is 0 Å². The number of ether oxygens (including phenoxy) is 1. The Labute approximate surface area is 262 Å². The summed E-state index contributed by atoms with van der Waals surface area (Å²) in [5.41, 5.74) is 4.93.